The summed E-state index contributed by atoms with van der Waals surface area (Å²) in [4.78, 5) is 43.8. The number of hydrogen-bond donors (Lipinski definition) is 0. The number of aromatic nitrogens is 4. The predicted molar refractivity (Wildman–Crippen MR) is 230 cm³/mol. The Morgan fingerprint density at radius 3 is 1.24 bits per heavy atom. The van der Waals surface area contributed by atoms with E-state index in [1.165, 1.54) is 38.5 Å². The second-order valence-corrected chi connectivity index (χ2v) is 14.5. The quantitative estimate of drug-likeness (QED) is 0.0395. The van der Waals surface area contributed by atoms with Crippen LogP contribution < -0.4 is 18.9 Å². The average molecular weight is 793 g/mol. The molecule has 0 radical (unpaired) electrons. The Bertz CT molecular complexity index is 2190. The third kappa shape index (κ3) is 12.8. The van der Waals surface area contributed by atoms with Gasteiger partial charge >= 0.3 is 11.9 Å². The summed E-state index contributed by atoms with van der Waals surface area (Å²) in [6.45, 7) is 7.46. The lowest BCUT2D eigenvalue weighted by atomic mass is 10.1. The van der Waals surface area contributed by atoms with Crippen LogP contribution in [-0.2, 0) is 9.59 Å². The fraction of sp³-hybridized carbons (Fsp3) is 0.306. The maximum atomic E-state index is 12.9. The highest BCUT2D eigenvalue weighted by Gasteiger charge is 2.21. The number of carbonyl (C=O) groups excluding carboxylic acids is 2. The number of rotatable bonds is 21. The van der Waals surface area contributed by atoms with Crippen molar-refractivity contribution in [2.24, 2.45) is 5.92 Å². The number of nitrogens with zero attached hydrogens (tertiary/aromatic N) is 4. The van der Waals surface area contributed by atoms with E-state index < -0.39 is 17.9 Å². The summed E-state index contributed by atoms with van der Waals surface area (Å²) in [5.74, 6) is 1.86. The van der Waals surface area contributed by atoms with Crippen molar-refractivity contribution in [3.8, 4) is 68.0 Å². The van der Waals surface area contributed by atoms with Crippen molar-refractivity contribution in [2.45, 2.75) is 78.6 Å². The van der Waals surface area contributed by atoms with Crippen LogP contribution in [0.15, 0.2) is 122 Å². The molecule has 304 valence electrons. The smallest absolute Gasteiger partial charge is 0.314 e. The molecule has 10 heteroatoms. The Morgan fingerprint density at radius 2 is 0.831 bits per heavy atom. The van der Waals surface area contributed by atoms with E-state index in [1.807, 2.05) is 72.8 Å². The van der Waals surface area contributed by atoms with Crippen molar-refractivity contribution in [1.82, 2.24) is 19.9 Å². The Labute approximate surface area is 347 Å². The molecule has 6 aromatic rings. The predicted octanol–water partition coefficient (Wildman–Crippen LogP) is 11.4. The first-order chi connectivity index (χ1) is 28.9. The molecule has 2 heterocycles. The van der Waals surface area contributed by atoms with Crippen LogP contribution >= 0.6 is 0 Å². The number of esters is 2. The molecule has 0 bridgehead atoms. The molecule has 0 aliphatic rings. The summed E-state index contributed by atoms with van der Waals surface area (Å²) in [6, 6.07) is 29.8. The lowest BCUT2D eigenvalue weighted by molar-refractivity contribution is -0.144. The minimum absolute atomic E-state index is 0.140. The zero-order valence-corrected chi connectivity index (χ0v) is 34.1. The van der Waals surface area contributed by atoms with Gasteiger partial charge in [0.1, 0.15) is 23.0 Å². The van der Waals surface area contributed by atoms with Gasteiger partial charge in [-0.15, -0.1) is 0 Å². The van der Waals surface area contributed by atoms with Crippen LogP contribution in [0.4, 0.5) is 0 Å². The number of hydrogen-bond acceptors (Lipinski definition) is 10. The SMILES string of the molecule is CCCCCCOc1ccc(-c2ncc(-c3ccc(OC(=O)CC(C)C(=O)Oc4ccc(-c5cnc(-c6ccc(OCCCCCC)cc6)nc5)cc4)cc3)cn2)cc1. The van der Waals surface area contributed by atoms with Gasteiger partial charge in [-0.25, -0.2) is 19.9 Å². The number of carbonyl (C=O) groups is 2. The Hall–Kier alpha value is -6.42. The maximum Gasteiger partial charge on any atom is 0.314 e. The van der Waals surface area contributed by atoms with Gasteiger partial charge in [-0.2, -0.15) is 0 Å². The van der Waals surface area contributed by atoms with E-state index in [0.29, 0.717) is 29.8 Å². The topological polar surface area (TPSA) is 123 Å². The molecular formula is C49H52N4O6. The van der Waals surface area contributed by atoms with E-state index in [9.17, 15) is 9.59 Å². The largest absolute Gasteiger partial charge is 0.494 e. The van der Waals surface area contributed by atoms with Gasteiger partial charge in [0.15, 0.2) is 11.6 Å². The van der Waals surface area contributed by atoms with Gasteiger partial charge in [0.2, 0.25) is 0 Å². The summed E-state index contributed by atoms with van der Waals surface area (Å²) in [6.07, 6.45) is 16.3. The van der Waals surface area contributed by atoms with E-state index in [1.54, 1.807) is 56.0 Å². The van der Waals surface area contributed by atoms with Crippen LogP contribution in [0.1, 0.15) is 78.6 Å². The van der Waals surface area contributed by atoms with E-state index in [4.69, 9.17) is 18.9 Å². The molecule has 0 saturated heterocycles. The normalized spacial score (nSPS) is 11.4. The Balaban J connectivity index is 0.929. The third-order valence-corrected chi connectivity index (χ3v) is 9.76. The average Bonchev–Trinajstić information content (AvgIpc) is 3.27. The highest BCUT2D eigenvalue weighted by molar-refractivity contribution is 5.82. The maximum absolute atomic E-state index is 12.9. The minimum Gasteiger partial charge on any atom is -0.494 e. The van der Waals surface area contributed by atoms with Gasteiger partial charge in [-0.3, -0.25) is 9.59 Å². The molecule has 2 aromatic heterocycles. The molecule has 0 saturated carbocycles. The van der Waals surface area contributed by atoms with Gasteiger partial charge in [-0.1, -0.05) is 83.6 Å². The second-order valence-electron chi connectivity index (χ2n) is 14.5. The van der Waals surface area contributed by atoms with Crippen LogP contribution in [0.3, 0.4) is 0 Å². The molecular weight excluding hydrogens is 741 g/mol. The fourth-order valence-electron chi connectivity index (χ4n) is 6.24. The second kappa shape index (κ2) is 21.9. The van der Waals surface area contributed by atoms with Crippen molar-refractivity contribution in [1.29, 1.82) is 0 Å². The summed E-state index contributed by atoms with van der Waals surface area (Å²) in [7, 11) is 0. The molecule has 0 aliphatic heterocycles. The standard InChI is InChI=1S/C49H52N4O6/c1-4-6-8-10-28-56-42-20-16-38(17-21-42)47-50-31-40(32-51-47)36-12-24-44(25-13-36)58-46(54)30-35(3)49(55)59-45-26-14-37(15-27-45)41-33-52-48(53-34-41)39-18-22-43(23-19-39)57-29-11-9-7-5-2/h12-27,31-35H,4-11,28-30H2,1-3H3. The summed E-state index contributed by atoms with van der Waals surface area (Å²) in [5.41, 5.74) is 5.19. The summed E-state index contributed by atoms with van der Waals surface area (Å²) >= 11 is 0. The third-order valence-electron chi connectivity index (χ3n) is 9.76. The number of ether oxygens (including phenoxy) is 4. The van der Waals surface area contributed by atoms with E-state index in [-0.39, 0.29) is 6.42 Å². The molecule has 6 rings (SSSR count). The fourth-order valence-corrected chi connectivity index (χ4v) is 6.24. The van der Waals surface area contributed by atoms with Gasteiger partial charge in [0, 0.05) is 47.0 Å². The highest BCUT2D eigenvalue weighted by Crippen LogP contribution is 2.27. The molecule has 1 atom stereocenters. The molecule has 0 aliphatic carbocycles. The van der Waals surface area contributed by atoms with Crippen molar-refractivity contribution < 1.29 is 28.5 Å². The zero-order valence-electron chi connectivity index (χ0n) is 34.1. The first kappa shape index (κ1) is 42.2. The van der Waals surface area contributed by atoms with Crippen molar-refractivity contribution in [3.63, 3.8) is 0 Å². The van der Waals surface area contributed by atoms with Crippen molar-refractivity contribution in [3.05, 3.63) is 122 Å². The molecule has 0 N–H and O–H groups in total. The zero-order chi connectivity index (χ0) is 41.2. The Morgan fingerprint density at radius 1 is 0.458 bits per heavy atom. The number of benzene rings is 4. The van der Waals surface area contributed by atoms with Gasteiger partial charge in [0.05, 0.1) is 25.6 Å². The number of unbranched alkanes of at least 4 members (excludes halogenated alkanes) is 6. The van der Waals surface area contributed by atoms with E-state index in [0.717, 1.165) is 64.3 Å². The summed E-state index contributed by atoms with van der Waals surface area (Å²) in [5, 5.41) is 0. The molecule has 0 amide bonds. The van der Waals surface area contributed by atoms with Crippen LogP contribution in [0.2, 0.25) is 0 Å². The van der Waals surface area contributed by atoms with Gasteiger partial charge in [0.25, 0.3) is 0 Å². The van der Waals surface area contributed by atoms with Crippen LogP contribution in [0.25, 0.3) is 45.0 Å². The van der Waals surface area contributed by atoms with Gasteiger partial charge in [-0.05, 0) is 96.8 Å². The van der Waals surface area contributed by atoms with Crippen LogP contribution in [0, 0.1) is 5.92 Å². The molecule has 0 spiro atoms. The first-order valence-corrected chi connectivity index (χ1v) is 20.6. The van der Waals surface area contributed by atoms with Crippen molar-refractivity contribution in [2.75, 3.05) is 13.2 Å². The molecule has 0 fully saturated rings. The molecule has 4 aromatic carbocycles. The molecule has 59 heavy (non-hydrogen) atoms. The van der Waals surface area contributed by atoms with Gasteiger partial charge < -0.3 is 18.9 Å². The van der Waals surface area contributed by atoms with Crippen molar-refractivity contribution >= 4 is 11.9 Å². The van der Waals surface area contributed by atoms with E-state index in [2.05, 4.69) is 33.8 Å². The van der Waals surface area contributed by atoms with Crippen LogP contribution in [0.5, 0.6) is 23.0 Å². The molecule has 10 nitrogen and oxygen atoms in total. The lowest BCUT2D eigenvalue weighted by Crippen LogP contribution is -2.22. The highest BCUT2D eigenvalue weighted by atomic mass is 16.5. The monoisotopic (exact) mass is 792 g/mol. The summed E-state index contributed by atoms with van der Waals surface area (Å²) < 4.78 is 22.8. The Kier molecular flexibility index (Phi) is 15.7. The van der Waals surface area contributed by atoms with Crippen LogP contribution in [-0.4, -0.2) is 45.1 Å². The van der Waals surface area contributed by atoms with E-state index >= 15 is 0 Å². The minimum atomic E-state index is -0.719. The molecule has 1 unspecified atom stereocenters. The first-order valence-electron chi connectivity index (χ1n) is 20.6. The lowest BCUT2D eigenvalue weighted by Gasteiger charge is -2.12.